The summed E-state index contributed by atoms with van der Waals surface area (Å²) in [4.78, 5) is 26.2. The molecule has 3 aliphatic heterocycles. The van der Waals surface area contributed by atoms with E-state index in [1.807, 2.05) is 6.08 Å². The molecule has 0 radical (unpaired) electrons. The summed E-state index contributed by atoms with van der Waals surface area (Å²) in [6, 6.07) is 0. The van der Waals surface area contributed by atoms with Crippen LogP contribution in [-0.4, -0.2) is 140 Å². The summed E-state index contributed by atoms with van der Waals surface area (Å²) in [5, 5.41) is 84.5. The average Bonchev–Trinajstić information content (AvgIpc) is 3.77. The quantitative estimate of drug-likeness (QED) is 0.121. The topological polar surface area (TPSA) is 242 Å². The highest BCUT2D eigenvalue weighted by molar-refractivity contribution is 5.88. The van der Waals surface area contributed by atoms with E-state index in [0.717, 1.165) is 51.4 Å². The third-order valence-corrected chi connectivity index (χ3v) is 18.0. The van der Waals surface area contributed by atoms with Gasteiger partial charge in [-0.25, -0.2) is 4.79 Å². The number of esters is 1. The third-order valence-electron chi connectivity index (χ3n) is 18.0. The van der Waals surface area contributed by atoms with Crippen molar-refractivity contribution >= 4 is 11.9 Å². The Labute approximate surface area is 333 Å². The van der Waals surface area contributed by atoms with E-state index < -0.39 is 92.1 Å². The molecule has 21 atom stereocenters. The lowest BCUT2D eigenvalue weighted by molar-refractivity contribution is -0.377. The summed E-state index contributed by atoms with van der Waals surface area (Å²) >= 11 is 0. The Bertz CT molecular complexity index is 1610. The second kappa shape index (κ2) is 14.4. The normalized spacial score (nSPS) is 55.0. The van der Waals surface area contributed by atoms with Crippen LogP contribution in [-0.2, 0) is 33.3 Å². The van der Waals surface area contributed by atoms with Gasteiger partial charge in [0.1, 0.15) is 54.9 Å². The molecule has 57 heavy (non-hydrogen) atoms. The van der Waals surface area contributed by atoms with E-state index in [2.05, 4.69) is 20.8 Å². The fourth-order valence-electron chi connectivity index (χ4n) is 14.5. The van der Waals surface area contributed by atoms with Gasteiger partial charge in [-0.2, -0.15) is 0 Å². The molecular formula is C42H64O15. The van der Waals surface area contributed by atoms with Gasteiger partial charge in [0, 0.05) is 12.0 Å². The van der Waals surface area contributed by atoms with Crippen molar-refractivity contribution in [2.75, 3.05) is 13.2 Å². The summed E-state index contributed by atoms with van der Waals surface area (Å²) in [5.74, 6) is -0.423. The summed E-state index contributed by atoms with van der Waals surface area (Å²) in [6.45, 7) is 9.33. The van der Waals surface area contributed by atoms with E-state index in [0.29, 0.717) is 30.3 Å². The molecule has 322 valence electrons. The van der Waals surface area contributed by atoms with Gasteiger partial charge in [-0.15, -0.1) is 0 Å². The van der Waals surface area contributed by atoms with Crippen LogP contribution in [0.3, 0.4) is 0 Å². The van der Waals surface area contributed by atoms with Gasteiger partial charge >= 0.3 is 11.9 Å². The number of carboxylic acid groups (broad SMARTS) is 1. The van der Waals surface area contributed by atoms with Crippen LogP contribution in [0.1, 0.15) is 98.8 Å². The minimum Gasteiger partial charge on any atom is -0.481 e. The number of hydrogen-bond acceptors (Lipinski definition) is 14. The Kier molecular flexibility index (Phi) is 10.6. The molecule has 7 fully saturated rings. The van der Waals surface area contributed by atoms with E-state index >= 15 is 0 Å². The van der Waals surface area contributed by atoms with Crippen molar-refractivity contribution in [2.24, 2.45) is 50.7 Å². The number of carbonyl (C=O) groups excluding carboxylic acids is 1. The highest BCUT2D eigenvalue weighted by Gasteiger charge is 2.83. The first-order chi connectivity index (χ1) is 26.8. The van der Waals surface area contributed by atoms with Gasteiger partial charge in [0.15, 0.2) is 12.6 Å². The van der Waals surface area contributed by atoms with Crippen LogP contribution < -0.4 is 0 Å². The SMILES string of the molecule is CC1=CC[C@H]([C@H](C)[C@@H]2CC[C@]3(C)[C@@H]4CC[C@@H]5[C@@](C)(C(=O)O)[C@@H](O[C@H]6O[C@H](CO)[C@H](O)[C@@H](O)[C@H]6O[C@H]6O[C@H](CO)[C@H](O)[C@@H](O)[C@@H]6O)CC[C@@]56C[C@@]46CC[C@]23C)OC1=O. The van der Waals surface area contributed by atoms with Crippen molar-refractivity contribution in [3.8, 4) is 0 Å². The molecule has 15 nitrogen and oxygen atoms in total. The van der Waals surface area contributed by atoms with Crippen LogP contribution in [0, 0.1) is 50.7 Å². The zero-order chi connectivity index (χ0) is 41.2. The minimum atomic E-state index is -1.83. The molecule has 0 aromatic carbocycles. The number of aliphatic hydroxyl groups excluding tert-OH is 7. The van der Waals surface area contributed by atoms with Gasteiger partial charge in [0.05, 0.1) is 24.7 Å². The van der Waals surface area contributed by atoms with Crippen molar-refractivity contribution in [2.45, 2.75) is 172 Å². The van der Waals surface area contributed by atoms with Crippen molar-refractivity contribution < 1.29 is 74.1 Å². The number of aliphatic hydroxyl groups is 7. The highest BCUT2D eigenvalue weighted by atomic mass is 16.8. The molecule has 5 saturated carbocycles. The molecule has 0 unspecified atom stereocenters. The fourth-order valence-corrected chi connectivity index (χ4v) is 14.5. The number of fused-ring (bicyclic) bond motifs is 2. The van der Waals surface area contributed by atoms with E-state index in [4.69, 9.17) is 23.7 Å². The number of rotatable bonds is 9. The molecule has 0 amide bonds. The monoisotopic (exact) mass is 808 g/mol. The fraction of sp³-hybridized carbons (Fsp3) is 0.905. The van der Waals surface area contributed by atoms with E-state index in [1.165, 1.54) is 0 Å². The standard InChI is InChI=1S/C42H64O15/c1-19-6-7-22(53-34(19)50)20(2)21-10-12-39(4)25-8-9-26-40(5,37(51)52)27(11-13-41(26)18-42(25,41)15-14-38(21,39)3)56-36-33(31(48)29(46)24(17-44)55-36)57-35-32(49)30(47)28(45)23(16-43)54-35/h6,20-33,35-36,43-49H,7-18H2,1-5H3,(H,51,52)/t20-,21+,22-,23-,24-,25+,26-,27+,28+,29+,30-,31-,32+,33-,35-,36-,38-,39-,40-,41-,42+/m1/s1. The van der Waals surface area contributed by atoms with Crippen LogP contribution in [0.5, 0.6) is 0 Å². The first kappa shape index (κ1) is 42.0. The van der Waals surface area contributed by atoms with Crippen molar-refractivity contribution in [3.05, 3.63) is 11.6 Å². The van der Waals surface area contributed by atoms with Crippen molar-refractivity contribution in [3.63, 3.8) is 0 Å². The van der Waals surface area contributed by atoms with Gasteiger partial charge in [-0.1, -0.05) is 26.8 Å². The van der Waals surface area contributed by atoms with Crippen LogP contribution in [0.4, 0.5) is 0 Å². The van der Waals surface area contributed by atoms with Gasteiger partial charge in [-0.3, -0.25) is 4.79 Å². The number of carbonyl (C=O) groups is 2. The third kappa shape index (κ3) is 5.84. The zero-order valence-corrected chi connectivity index (χ0v) is 33.7. The number of hydrogen-bond donors (Lipinski definition) is 8. The van der Waals surface area contributed by atoms with E-state index in [1.54, 1.807) is 13.8 Å². The molecule has 2 saturated heterocycles. The summed E-state index contributed by atoms with van der Waals surface area (Å²) in [5.41, 5.74) is -0.827. The molecule has 8 N–H and O–H groups in total. The molecule has 2 spiro atoms. The maximum atomic E-state index is 13.7. The lowest BCUT2D eigenvalue weighted by Crippen LogP contribution is -2.66. The molecule has 0 aromatic heterocycles. The summed E-state index contributed by atoms with van der Waals surface area (Å²) in [7, 11) is 0. The number of ether oxygens (including phenoxy) is 5. The smallest absolute Gasteiger partial charge is 0.333 e. The van der Waals surface area contributed by atoms with Crippen LogP contribution in [0.15, 0.2) is 11.6 Å². The maximum absolute atomic E-state index is 13.7. The average molecular weight is 809 g/mol. The molecule has 0 bridgehead atoms. The molecule has 0 aromatic rings. The van der Waals surface area contributed by atoms with Crippen LogP contribution >= 0.6 is 0 Å². The Balaban J connectivity index is 1.03. The maximum Gasteiger partial charge on any atom is 0.333 e. The first-order valence-electron chi connectivity index (χ1n) is 21.2. The molecule has 3 heterocycles. The number of aliphatic carboxylic acids is 1. The molecule has 8 rings (SSSR count). The second-order valence-corrected chi connectivity index (χ2v) is 19.8. The van der Waals surface area contributed by atoms with E-state index in [-0.39, 0.29) is 45.6 Å². The van der Waals surface area contributed by atoms with Crippen LogP contribution in [0.2, 0.25) is 0 Å². The summed E-state index contributed by atoms with van der Waals surface area (Å²) in [6.07, 6.45) is -6.63. The predicted molar refractivity (Wildman–Crippen MR) is 198 cm³/mol. The lowest BCUT2D eigenvalue weighted by atomic mass is 9.41. The highest BCUT2D eigenvalue weighted by Crippen LogP contribution is 2.89. The zero-order valence-electron chi connectivity index (χ0n) is 33.7. The number of carboxylic acids is 1. The number of cyclic esters (lactones) is 1. The Morgan fingerprint density at radius 2 is 1.42 bits per heavy atom. The lowest BCUT2D eigenvalue weighted by Gasteiger charge is -2.63. The molecule has 5 aliphatic carbocycles. The van der Waals surface area contributed by atoms with Gasteiger partial charge in [-0.05, 0) is 117 Å². The molecule has 8 aliphatic rings. The minimum absolute atomic E-state index is 0.000477. The Hall–Kier alpha value is -1.76. The Morgan fingerprint density at radius 3 is 2.07 bits per heavy atom. The van der Waals surface area contributed by atoms with Crippen molar-refractivity contribution in [1.29, 1.82) is 0 Å². The predicted octanol–water partition coefficient (Wildman–Crippen LogP) is 1.40. The first-order valence-corrected chi connectivity index (χ1v) is 21.2. The van der Waals surface area contributed by atoms with Crippen molar-refractivity contribution in [1.82, 2.24) is 0 Å². The van der Waals surface area contributed by atoms with Crippen LogP contribution in [0.25, 0.3) is 0 Å². The van der Waals surface area contributed by atoms with Gasteiger partial charge < -0.3 is 64.5 Å². The molecular weight excluding hydrogens is 744 g/mol. The summed E-state index contributed by atoms with van der Waals surface area (Å²) < 4.78 is 29.9. The molecule has 15 heteroatoms. The van der Waals surface area contributed by atoms with E-state index in [9.17, 15) is 50.4 Å². The van der Waals surface area contributed by atoms with Gasteiger partial charge in [0.2, 0.25) is 0 Å². The largest absolute Gasteiger partial charge is 0.481 e. The second-order valence-electron chi connectivity index (χ2n) is 19.8. The van der Waals surface area contributed by atoms with Gasteiger partial charge in [0.25, 0.3) is 0 Å². The Morgan fingerprint density at radius 1 is 0.789 bits per heavy atom.